The molecule has 0 unspecified atom stereocenters. The summed E-state index contributed by atoms with van der Waals surface area (Å²) in [7, 11) is -3.76. The van der Waals surface area contributed by atoms with Gasteiger partial charge in [-0.05, 0) is 52.7 Å². The van der Waals surface area contributed by atoms with Crippen molar-refractivity contribution in [2.24, 2.45) is 0 Å². The third-order valence-electron chi connectivity index (χ3n) is 4.49. The predicted octanol–water partition coefficient (Wildman–Crippen LogP) is 2.57. The first-order valence-corrected chi connectivity index (χ1v) is 11.4. The lowest BCUT2D eigenvalue weighted by molar-refractivity contribution is -0.119. The van der Waals surface area contributed by atoms with Gasteiger partial charge in [0.1, 0.15) is 0 Å². The number of ether oxygens (including phenoxy) is 2. The number of anilines is 1. The zero-order valence-corrected chi connectivity index (χ0v) is 18.7. The molecule has 0 bridgehead atoms. The van der Waals surface area contributed by atoms with E-state index in [1.165, 1.54) is 16.4 Å². The molecule has 1 heterocycles. The Morgan fingerprint density at radius 3 is 2.57 bits per heavy atom. The Kier molecular flexibility index (Phi) is 7.24. The number of aryl methyl sites for hydroxylation is 1. The molecule has 1 amide bonds. The van der Waals surface area contributed by atoms with Gasteiger partial charge in [-0.25, -0.2) is 13.2 Å². The molecule has 1 fully saturated rings. The maximum Gasteiger partial charge on any atom is 0.338 e. The average molecular weight is 497 g/mol. The molecule has 1 N–H and O–H groups in total. The Bertz CT molecular complexity index is 1050. The van der Waals surface area contributed by atoms with Crippen molar-refractivity contribution >= 4 is 43.5 Å². The lowest BCUT2D eigenvalue weighted by atomic mass is 10.1. The summed E-state index contributed by atoms with van der Waals surface area (Å²) >= 11 is 3.32. The molecule has 160 valence electrons. The van der Waals surface area contributed by atoms with Crippen molar-refractivity contribution in [2.75, 3.05) is 38.2 Å². The fourth-order valence-electron chi connectivity index (χ4n) is 2.89. The molecule has 30 heavy (non-hydrogen) atoms. The van der Waals surface area contributed by atoms with E-state index in [-0.39, 0.29) is 23.5 Å². The summed E-state index contributed by atoms with van der Waals surface area (Å²) in [6.45, 7) is 2.32. The molecule has 2 aromatic carbocycles. The highest BCUT2D eigenvalue weighted by Crippen LogP contribution is 2.23. The predicted molar refractivity (Wildman–Crippen MR) is 114 cm³/mol. The number of hydrogen-bond donors (Lipinski definition) is 1. The highest BCUT2D eigenvalue weighted by atomic mass is 79.9. The van der Waals surface area contributed by atoms with Crippen molar-refractivity contribution < 1.29 is 27.5 Å². The number of nitrogens with zero attached hydrogens (tertiary/aromatic N) is 1. The molecular formula is C20H21BrN2O6S. The van der Waals surface area contributed by atoms with E-state index >= 15 is 0 Å². The van der Waals surface area contributed by atoms with Gasteiger partial charge in [-0.1, -0.05) is 18.2 Å². The minimum atomic E-state index is -3.76. The molecule has 0 spiro atoms. The van der Waals surface area contributed by atoms with Gasteiger partial charge in [-0.15, -0.1) is 0 Å². The summed E-state index contributed by atoms with van der Waals surface area (Å²) in [5, 5.41) is 2.63. The van der Waals surface area contributed by atoms with E-state index in [9.17, 15) is 18.0 Å². The topological polar surface area (TPSA) is 102 Å². The number of amides is 1. The van der Waals surface area contributed by atoms with Crippen LogP contribution in [0.15, 0.2) is 51.8 Å². The standard InChI is InChI=1S/C20H21BrN2O6S/c1-14-6-7-15(12-18(14)30(26,27)23-8-10-28-11-9-23)20(25)29-13-19(24)22-17-5-3-2-4-16(17)21/h2-7,12H,8-11,13H2,1H3,(H,22,24). The fourth-order valence-corrected chi connectivity index (χ4v) is 4.94. The molecule has 0 saturated carbocycles. The molecule has 1 aliphatic rings. The van der Waals surface area contributed by atoms with Crippen LogP contribution >= 0.6 is 15.9 Å². The summed E-state index contributed by atoms with van der Waals surface area (Å²) in [5.41, 5.74) is 1.12. The second-order valence-corrected chi connectivity index (χ2v) is 9.36. The first-order chi connectivity index (χ1) is 14.3. The van der Waals surface area contributed by atoms with Gasteiger partial charge >= 0.3 is 5.97 Å². The Labute approximate surface area is 183 Å². The molecule has 3 rings (SSSR count). The van der Waals surface area contributed by atoms with Crippen LogP contribution in [0.1, 0.15) is 15.9 Å². The SMILES string of the molecule is Cc1ccc(C(=O)OCC(=O)Nc2ccccc2Br)cc1S(=O)(=O)N1CCOCC1. The lowest BCUT2D eigenvalue weighted by Crippen LogP contribution is -2.40. The number of sulfonamides is 1. The molecule has 2 aromatic rings. The maximum atomic E-state index is 12.9. The van der Waals surface area contributed by atoms with Crippen molar-refractivity contribution in [3.05, 3.63) is 58.1 Å². The second-order valence-electron chi connectivity index (χ2n) is 6.60. The van der Waals surface area contributed by atoms with Gasteiger partial charge in [0.2, 0.25) is 10.0 Å². The van der Waals surface area contributed by atoms with Crippen molar-refractivity contribution in [2.45, 2.75) is 11.8 Å². The number of hydrogen-bond acceptors (Lipinski definition) is 6. The number of morpholine rings is 1. The molecule has 0 aromatic heterocycles. The summed E-state index contributed by atoms with van der Waals surface area (Å²) in [6.07, 6.45) is 0. The van der Waals surface area contributed by atoms with E-state index < -0.39 is 28.5 Å². The Morgan fingerprint density at radius 2 is 1.87 bits per heavy atom. The number of carbonyl (C=O) groups excluding carboxylic acids is 2. The first kappa shape index (κ1) is 22.4. The number of halogens is 1. The molecule has 1 aliphatic heterocycles. The van der Waals surface area contributed by atoms with Crippen molar-refractivity contribution in [3.63, 3.8) is 0 Å². The van der Waals surface area contributed by atoms with Gasteiger partial charge in [-0.3, -0.25) is 4.79 Å². The highest BCUT2D eigenvalue weighted by molar-refractivity contribution is 9.10. The van der Waals surface area contributed by atoms with Gasteiger partial charge in [0, 0.05) is 17.6 Å². The third kappa shape index (κ3) is 5.25. The van der Waals surface area contributed by atoms with Crippen LogP contribution in [0, 0.1) is 6.92 Å². The Balaban J connectivity index is 1.68. The maximum absolute atomic E-state index is 12.9. The van der Waals surface area contributed by atoms with Crippen LogP contribution in [0.25, 0.3) is 0 Å². The minimum Gasteiger partial charge on any atom is -0.452 e. The summed E-state index contributed by atoms with van der Waals surface area (Å²) in [5.74, 6) is -1.29. The molecule has 8 nitrogen and oxygen atoms in total. The molecular weight excluding hydrogens is 476 g/mol. The van der Waals surface area contributed by atoms with Crippen molar-refractivity contribution in [1.82, 2.24) is 4.31 Å². The number of benzene rings is 2. The van der Waals surface area contributed by atoms with Crippen LogP contribution in [-0.4, -0.2) is 57.5 Å². The van der Waals surface area contributed by atoms with Gasteiger partial charge in [-0.2, -0.15) is 4.31 Å². The summed E-state index contributed by atoms with van der Waals surface area (Å²) in [4.78, 5) is 24.5. The van der Waals surface area contributed by atoms with Crippen LogP contribution in [0.3, 0.4) is 0 Å². The normalized spacial score (nSPS) is 14.9. The zero-order valence-electron chi connectivity index (χ0n) is 16.3. The van der Waals surface area contributed by atoms with Crippen molar-refractivity contribution in [3.8, 4) is 0 Å². The number of rotatable bonds is 6. The second kappa shape index (κ2) is 9.69. The Hall–Kier alpha value is -2.27. The molecule has 0 aliphatic carbocycles. The lowest BCUT2D eigenvalue weighted by Gasteiger charge is -2.26. The smallest absolute Gasteiger partial charge is 0.338 e. The average Bonchev–Trinajstić information content (AvgIpc) is 2.74. The molecule has 0 radical (unpaired) electrons. The largest absolute Gasteiger partial charge is 0.452 e. The van der Waals surface area contributed by atoms with E-state index in [0.29, 0.717) is 28.9 Å². The molecule has 1 saturated heterocycles. The quantitative estimate of drug-likeness (QED) is 0.616. The van der Waals surface area contributed by atoms with E-state index in [0.717, 1.165) is 0 Å². The van der Waals surface area contributed by atoms with Crippen LogP contribution < -0.4 is 5.32 Å². The fraction of sp³-hybridized carbons (Fsp3) is 0.300. The summed E-state index contributed by atoms with van der Waals surface area (Å²) < 4.78 is 38.2. The van der Waals surface area contributed by atoms with Crippen LogP contribution in [-0.2, 0) is 24.3 Å². The highest BCUT2D eigenvalue weighted by Gasteiger charge is 2.28. The van der Waals surface area contributed by atoms with E-state index in [4.69, 9.17) is 9.47 Å². The minimum absolute atomic E-state index is 0.0384. The van der Waals surface area contributed by atoms with E-state index in [1.54, 1.807) is 37.3 Å². The van der Waals surface area contributed by atoms with E-state index in [1.807, 2.05) is 0 Å². The van der Waals surface area contributed by atoms with Crippen LogP contribution in [0.2, 0.25) is 0 Å². The van der Waals surface area contributed by atoms with Crippen molar-refractivity contribution in [1.29, 1.82) is 0 Å². The van der Waals surface area contributed by atoms with Gasteiger partial charge in [0.25, 0.3) is 5.91 Å². The van der Waals surface area contributed by atoms with Gasteiger partial charge in [0.15, 0.2) is 6.61 Å². The number of para-hydroxylation sites is 1. The third-order valence-corrected chi connectivity index (χ3v) is 7.23. The molecule has 10 heteroatoms. The monoisotopic (exact) mass is 496 g/mol. The summed E-state index contributed by atoms with van der Waals surface area (Å²) in [6, 6.07) is 11.3. The first-order valence-electron chi connectivity index (χ1n) is 9.19. The number of esters is 1. The zero-order chi connectivity index (χ0) is 21.7. The van der Waals surface area contributed by atoms with Gasteiger partial charge in [0.05, 0.1) is 29.4 Å². The van der Waals surface area contributed by atoms with Crippen LogP contribution in [0.4, 0.5) is 5.69 Å². The van der Waals surface area contributed by atoms with Crippen LogP contribution in [0.5, 0.6) is 0 Å². The van der Waals surface area contributed by atoms with E-state index in [2.05, 4.69) is 21.2 Å². The number of nitrogens with one attached hydrogen (secondary N) is 1. The molecule has 0 atom stereocenters. The van der Waals surface area contributed by atoms with Gasteiger partial charge < -0.3 is 14.8 Å². The number of carbonyl (C=O) groups is 2. The Morgan fingerprint density at radius 1 is 1.17 bits per heavy atom.